The third-order valence-corrected chi connectivity index (χ3v) is 2.49. The van der Waals surface area contributed by atoms with Gasteiger partial charge in [0.1, 0.15) is 0 Å². The molecule has 17 heavy (non-hydrogen) atoms. The van der Waals surface area contributed by atoms with Gasteiger partial charge in [-0.05, 0) is 52.9 Å². The lowest BCUT2D eigenvalue weighted by Gasteiger charge is -2.01. The van der Waals surface area contributed by atoms with Crippen LogP contribution in [0.5, 0.6) is 0 Å². The molecule has 0 amide bonds. The molecule has 0 fully saturated rings. The molecule has 0 saturated carbocycles. The number of unbranched alkanes of at least 4 members (excludes halogenated alkanes) is 2. The van der Waals surface area contributed by atoms with E-state index in [0.717, 1.165) is 32.1 Å². The van der Waals surface area contributed by atoms with Crippen LogP contribution in [0.1, 0.15) is 59.8 Å². The first kappa shape index (κ1) is 16.0. The van der Waals surface area contributed by atoms with Gasteiger partial charge >= 0.3 is 5.97 Å². The lowest BCUT2D eigenvalue weighted by Crippen LogP contribution is -1.99. The summed E-state index contributed by atoms with van der Waals surface area (Å²) in [7, 11) is 0. The Labute approximate surface area is 106 Å². The van der Waals surface area contributed by atoms with Crippen LogP contribution in [0.15, 0.2) is 23.3 Å². The fraction of sp³-hybridized carbons (Fsp3) is 0.667. The Morgan fingerprint density at radius 3 is 2.29 bits per heavy atom. The molecular formula is C15H26O2. The van der Waals surface area contributed by atoms with Crippen molar-refractivity contribution in [1.29, 1.82) is 0 Å². The maximum atomic E-state index is 10.5. The Bertz CT molecular complexity index is 271. The third-order valence-electron chi connectivity index (χ3n) is 2.49. The van der Waals surface area contributed by atoms with E-state index in [2.05, 4.69) is 32.9 Å². The summed E-state index contributed by atoms with van der Waals surface area (Å²) in [5.41, 5.74) is 2.84. The van der Waals surface area contributed by atoms with Crippen molar-refractivity contribution in [2.24, 2.45) is 0 Å². The second-order valence-corrected chi connectivity index (χ2v) is 4.71. The molecule has 0 aromatic rings. The Morgan fingerprint density at radius 2 is 1.71 bits per heavy atom. The SMILES string of the molecule is CC(=O)OCCCCC=C(C)CCC=C(C)C. The zero-order valence-corrected chi connectivity index (χ0v) is 11.7. The summed E-state index contributed by atoms with van der Waals surface area (Å²) in [5, 5.41) is 0. The summed E-state index contributed by atoms with van der Waals surface area (Å²) in [6.45, 7) is 8.46. The Morgan fingerprint density at radius 1 is 1.00 bits per heavy atom. The molecule has 0 bridgehead atoms. The van der Waals surface area contributed by atoms with Crippen LogP contribution in [-0.2, 0) is 9.53 Å². The monoisotopic (exact) mass is 238 g/mol. The van der Waals surface area contributed by atoms with Crippen LogP contribution >= 0.6 is 0 Å². The minimum Gasteiger partial charge on any atom is -0.466 e. The van der Waals surface area contributed by atoms with E-state index in [4.69, 9.17) is 4.74 Å². The van der Waals surface area contributed by atoms with Crippen LogP contribution in [0.2, 0.25) is 0 Å². The fourth-order valence-corrected chi connectivity index (χ4v) is 1.50. The number of rotatable bonds is 8. The maximum absolute atomic E-state index is 10.5. The number of carbonyl (C=O) groups is 1. The molecule has 0 aliphatic rings. The van der Waals surface area contributed by atoms with E-state index in [0.29, 0.717) is 6.61 Å². The van der Waals surface area contributed by atoms with Gasteiger partial charge in [0, 0.05) is 6.92 Å². The van der Waals surface area contributed by atoms with E-state index in [-0.39, 0.29) is 5.97 Å². The van der Waals surface area contributed by atoms with E-state index >= 15 is 0 Å². The molecule has 0 aromatic carbocycles. The first-order chi connectivity index (χ1) is 8.02. The zero-order chi connectivity index (χ0) is 13.1. The van der Waals surface area contributed by atoms with Gasteiger partial charge < -0.3 is 4.74 Å². The van der Waals surface area contributed by atoms with Crippen LogP contribution < -0.4 is 0 Å². The highest BCUT2D eigenvalue weighted by Gasteiger charge is 1.93. The van der Waals surface area contributed by atoms with Gasteiger partial charge in [-0.15, -0.1) is 0 Å². The molecule has 0 heterocycles. The number of ether oxygens (including phenoxy) is 1. The largest absolute Gasteiger partial charge is 0.466 e. The molecule has 98 valence electrons. The van der Waals surface area contributed by atoms with Gasteiger partial charge in [0.05, 0.1) is 6.61 Å². The molecule has 0 saturated heterocycles. The molecule has 0 aliphatic carbocycles. The van der Waals surface area contributed by atoms with Crippen LogP contribution in [0.4, 0.5) is 0 Å². The minimum absolute atomic E-state index is 0.182. The van der Waals surface area contributed by atoms with E-state index in [1.807, 2.05) is 0 Å². The molecule has 0 aliphatic heterocycles. The van der Waals surface area contributed by atoms with Gasteiger partial charge in [-0.25, -0.2) is 0 Å². The smallest absolute Gasteiger partial charge is 0.302 e. The summed E-state index contributed by atoms with van der Waals surface area (Å²) in [4.78, 5) is 10.5. The molecule has 0 rings (SSSR count). The normalized spacial score (nSPS) is 11.2. The predicted molar refractivity (Wildman–Crippen MR) is 72.9 cm³/mol. The van der Waals surface area contributed by atoms with Crippen LogP contribution in [0.3, 0.4) is 0 Å². The lowest BCUT2D eigenvalue weighted by molar-refractivity contribution is -0.141. The lowest BCUT2D eigenvalue weighted by atomic mass is 10.1. The van der Waals surface area contributed by atoms with E-state index in [1.165, 1.54) is 18.1 Å². The number of carbonyl (C=O) groups excluding carboxylic acids is 1. The van der Waals surface area contributed by atoms with Crippen molar-refractivity contribution in [3.05, 3.63) is 23.3 Å². The summed E-state index contributed by atoms with van der Waals surface area (Å²) in [5.74, 6) is -0.182. The van der Waals surface area contributed by atoms with Crippen molar-refractivity contribution in [1.82, 2.24) is 0 Å². The van der Waals surface area contributed by atoms with Crippen molar-refractivity contribution in [2.75, 3.05) is 6.61 Å². The fourth-order valence-electron chi connectivity index (χ4n) is 1.50. The van der Waals surface area contributed by atoms with Gasteiger partial charge in [0.25, 0.3) is 0 Å². The third kappa shape index (κ3) is 12.9. The molecule has 0 unspecified atom stereocenters. The van der Waals surface area contributed by atoms with Crippen LogP contribution in [0.25, 0.3) is 0 Å². The highest BCUT2D eigenvalue weighted by atomic mass is 16.5. The van der Waals surface area contributed by atoms with Crippen molar-refractivity contribution in [3.63, 3.8) is 0 Å². The Hall–Kier alpha value is -1.05. The predicted octanol–water partition coefficient (Wildman–Crippen LogP) is 4.41. The standard InChI is InChI=1S/C15H26O2/c1-13(2)9-8-11-14(3)10-6-5-7-12-17-15(4)16/h9-10H,5-8,11-12H2,1-4H3. The Balaban J connectivity index is 3.50. The molecule has 0 radical (unpaired) electrons. The van der Waals surface area contributed by atoms with Crippen LogP contribution in [0, 0.1) is 0 Å². The second-order valence-electron chi connectivity index (χ2n) is 4.71. The molecule has 2 nitrogen and oxygen atoms in total. The summed E-state index contributed by atoms with van der Waals surface area (Å²) >= 11 is 0. The number of hydrogen-bond donors (Lipinski definition) is 0. The molecule has 0 aromatic heterocycles. The van der Waals surface area contributed by atoms with Crippen molar-refractivity contribution in [3.8, 4) is 0 Å². The second kappa shape index (κ2) is 10.1. The highest BCUT2D eigenvalue weighted by Crippen LogP contribution is 2.09. The van der Waals surface area contributed by atoms with E-state index < -0.39 is 0 Å². The van der Waals surface area contributed by atoms with Crippen LogP contribution in [-0.4, -0.2) is 12.6 Å². The maximum Gasteiger partial charge on any atom is 0.302 e. The number of allylic oxidation sites excluding steroid dienone is 4. The van der Waals surface area contributed by atoms with E-state index in [9.17, 15) is 4.79 Å². The first-order valence-corrected chi connectivity index (χ1v) is 6.44. The average Bonchev–Trinajstić information content (AvgIpc) is 2.22. The number of hydrogen-bond acceptors (Lipinski definition) is 2. The van der Waals surface area contributed by atoms with Crippen molar-refractivity contribution >= 4 is 5.97 Å². The van der Waals surface area contributed by atoms with Crippen molar-refractivity contribution < 1.29 is 9.53 Å². The molecule has 0 spiro atoms. The molecule has 0 N–H and O–H groups in total. The zero-order valence-electron chi connectivity index (χ0n) is 11.7. The van der Waals surface area contributed by atoms with Crippen molar-refractivity contribution in [2.45, 2.75) is 59.8 Å². The van der Waals surface area contributed by atoms with Gasteiger partial charge in [-0.2, -0.15) is 0 Å². The summed E-state index contributed by atoms with van der Waals surface area (Å²) < 4.78 is 4.87. The topological polar surface area (TPSA) is 26.3 Å². The summed E-state index contributed by atoms with van der Waals surface area (Å²) in [6.07, 6.45) is 9.99. The Kier molecular flexibility index (Phi) is 9.50. The average molecular weight is 238 g/mol. The number of esters is 1. The highest BCUT2D eigenvalue weighted by molar-refractivity contribution is 5.65. The van der Waals surface area contributed by atoms with Gasteiger partial charge in [-0.1, -0.05) is 23.3 Å². The molecule has 2 heteroatoms. The minimum atomic E-state index is -0.182. The molecular weight excluding hydrogens is 212 g/mol. The molecule has 0 atom stereocenters. The van der Waals surface area contributed by atoms with E-state index in [1.54, 1.807) is 0 Å². The summed E-state index contributed by atoms with van der Waals surface area (Å²) in [6, 6.07) is 0. The quantitative estimate of drug-likeness (QED) is 0.355. The first-order valence-electron chi connectivity index (χ1n) is 6.44. The van der Waals surface area contributed by atoms with Gasteiger partial charge in [0.2, 0.25) is 0 Å². The van der Waals surface area contributed by atoms with Gasteiger partial charge in [-0.3, -0.25) is 4.79 Å². The van der Waals surface area contributed by atoms with Gasteiger partial charge in [0.15, 0.2) is 0 Å².